The molecule has 0 aliphatic heterocycles. The topological polar surface area (TPSA) is 67.2 Å². The molecule has 0 radical (unpaired) electrons. The summed E-state index contributed by atoms with van der Waals surface area (Å²) in [4.78, 5) is 30.4. The average Bonchev–Trinajstić information content (AvgIpc) is 2.48. The van der Waals surface area contributed by atoms with Crippen LogP contribution in [0.25, 0.3) is 10.9 Å². The number of likely N-dealkylation sites (N-methyl/N-ethyl adjacent to an activating group) is 2. The van der Waals surface area contributed by atoms with Gasteiger partial charge in [-0.15, -0.1) is 0 Å². The minimum atomic E-state index is -0.181. The number of fused-ring (bicyclic) bond motifs is 1. The Balaban J connectivity index is 2.26. The summed E-state index contributed by atoms with van der Waals surface area (Å²) in [5.74, 6) is -0.110. The monoisotopic (exact) mass is 288 g/mol. The maximum atomic E-state index is 12.4. The second-order valence-corrected chi connectivity index (χ2v) is 5.07. The number of aryl methyl sites for hydroxylation is 1. The van der Waals surface area contributed by atoms with Gasteiger partial charge in [0.2, 0.25) is 5.91 Å². The number of nitrogens with one attached hydrogen (secondary N) is 1. The van der Waals surface area contributed by atoms with E-state index in [1.54, 1.807) is 18.0 Å². The highest BCUT2D eigenvalue weighted by Gasteiger charge is 2.12. The van der Waals surface area contributed by atoms with Crippen molar-refractivity contribution in [1.82, 2.24) is 19.8 Å². The summed E-state index contributed by atoms with van der Waals surface area (Å²) in [6.07, 6.45) is 1.45. The molecule has 6 nitrogen and oxygen atoms in total. The van der Waals surface area contributed by atoms with Gasteiger partial charge >= 0.3 is 0 Å². The van der Waals surface area contributed by atoms with Crippen LogP contribution in [-0.2, 0) is 11.3 Å². The molecule has 0 fully saturated rings. The number of carbonyl (C=O) groups excluding carboxylic acids is 1. The second kappa shape index (κ2) is 6.49. The van der Waals surface area contributed by atoms with Crippen LogP contribution in [0.1, 0.15) is 5.56 Å². The standard InChI is InChI=1S/C15H20N4O2/c1-11-5-4-6-12-14(11)17-10-19(15(12)21)9-13(20)18(3)8-7-16-2/h4-6,10,16H,7-9H2,1-3H3. The molecule has 2 aromatic rings. The van der Waals surface area contributed by atoms with Crippen LogP contribution < -0.4 is 10.9 Å². The maximum Gasteiger partial charge on any atom is 0.261 e. The molecule has 6 heteroatoms. The van der Waals surface area contributed by atoms with E-state index in [0.717, 1.165) is 5.56 Å². The zero-order chi connectivity index (χ0) is 15.4. The van der Waals surface area contributed by atoms with Gasteiger partial charge in [0.1, 0.15) is 6.54 Å². The summed E-state index contributed by atoms with van der Waals surface area (Å²) in [7, 11) is 3.56. The van der Waals surface area contributed by atoms with E-state index in [9.17, 15) is 9.59 Å². The molecule has 0 atom stereocenters. The van der Waals surface area contributed by atoms with E-state index in [1.165, 1.54) is 10.9 Å². The number of amides is 1. The van der Waals surface area contributed by atoms with Crippen LogP contribution in [0.4, 0.5) is 0 Å². The van der Waals surface area contributed by atoms with Crippen LogP contribution >= 0.6 is 0 Å². The Morgan fingerprint density at radius 1 is 1.43 bits per heavy atom. The minimum absolute atomic E-state index is 0.00985. The number of rotatable bonds is 5. The Morgan fingerprint density at radius 3 is 2.90 bits per heavy atom. The van der Waals surface area contributed by atoms with Crippen molar-refractivity contribution in [2.45, 2.75) is 13.5 Å². The fourth-order valence-corrected chi connectivity index (χ4v) is 2.12. The molecule has 1 aromatic heterocycles. The second-order valence-electron chi connectivity index (χ2n) is 5.07. The van der Waals surface area contributed by atoms with Crippen LogP contribution in [0.3, 0.4) is 0 Å². The third-order valence-corrected chi connectivity index (χ3v) is 3.48. The molecule has 1 amide bonds. The first kappa shape index (κ1) is 15.2. The van der Waals surface area contributed by atoms with E-state index in [2.05, 4.69) is 10.3 Å². The van der Waals surface area contributed by atoms with Gasteiger partial charge < -0.3 is 10.2 Å². The normalized spacial score (nSPS) is 10.8. The predicted octanol–water partition coefficient (Wildman–Crippen LogP) is 0.383. The highest BCUT2D eigenvalue weighted by Crippen LogP contribution is 2.11. The molecule has 1 aromatic carbocycles. The van der Waals surface area contributed by atoms with Gasteiger partial charge in [-0.25, -0.2) is 4.98 Å². The Labute approximate surface area is 123 Å². The van der Waals surface area contributed by atoms with Gasteiger partial charge in [0.15, 0.2) is 0 Å². The maximum absolute atomic E-state index is 12.4. The van der Waals surface area contributed by atoms with E-state index in [4.69, 9.17) is 0 Å². The largest absolute Gasteiger partial charge is 0.343 e. The van der Waals surface area contributed by atoms with Gasteiger partial charge in [0.25, 0.3) is 5.56 Å². The third-order valence-electron chi connectivity index (χ3n) is 3.48. The number of benzene rings is 1. The van der Waals surface area contributed by atoms with Gasteiger partial charge in [-0.1, -0.05) is 12.1 Å². The smallest absolute Gasteiger partial charge is 0.261 e. The lowest BCUT2D eigenvalue weighted by Crippen LogP contribution is -2.37. The molecule has 0 unspecified atom stereocenters. The first-order chi connectivity index (χ1) is 10.0. The van der Waals surface area contributed by atoms with E-state index < -0.39 is 0 Å². The molecule has 0 aliphatic carbocycles. The highest BCUT2D eigenvalue weighted by molar-refractivity contribution is 5.81. The Bertz CT molecular complexity index is 708. The van der Waals surface area contributed by atoms with Crippen molar-refractivity contribution in [3.63, 3.8) is 0 Å². The molecule has 2 rings (SSSR count). The molecule has 1 N–H and O–H groups in total. The van der Waals surface area contributed by atoms with Gasteiger partial charge in [0, 0.05) is 20.1 Å². The van der Waals surface area contributed by atoms with E-state index >= 15 is 0 Å². The number of nitrogens with zero attached hydrogens (tertiary/aromatic N) is 3. The number of aromatic nitrogens is 2. The van der Waals surface area contributed by atoms with Crippen LogP contribution in [-0.4, -0.2) is 47.5 Å². The molecule has 112 valence electrons. The lowest BCUT2D eigenvalue weighted by molar-refractivity contribution is -0.130. The summed E-state index contributed by atoms with van der Waals surface area (Å²) in [6.45, 7) is 3.24. The van der Waals surface area contributed by atoms with Crippen molar-refractivity contribution in [2.24, 2.45) is 0 Å². The number of hydrogen-bond donors (Lipinski definition) is 1. The molecular weight excluding hydrogens is 268 g/mol. The van der Waals surface area contributed by atoms with Crippen LogP contribution in [0.15, 0.2) is 29.3 Å². The van der Waals surface area contributed by atoms with Crippen molar-refractivity contribution < 1.29 is 4.79 Å². The number of para-hydroxylation sites is 1. The summed E-state index contributed by atoms with van der Waals surface area (Å²) in [6, 6.07) is 5.48. The summed E-state index contributed by atoms with van der Waals surface area (Å²) >= 11 is 0. The molecule has 21 heavy (non-hydrogen) atoms. The summed E-state index contributed by atoms with van der Waals surface area (Å²) < 4.78 is 1.36. The van der Waals surface area contributed by atoms with Crippen LogP contribution in [0.5, 0.6) is 0 Å². The Kier molecular flexibility index (Phi) is 4.70. The van der Waals surface area contributed by atoms with Crippen molar-refractivity contribution in [3.8, 4) is 0 Å². The Morgan fingerprint density at radius 2 is 2.19 bits per heavy atom. The molecule has 0 aliphatic rings. The van der Waals surface area contributed by atoms with Crippen LogP contribution in [0, 0.1) is 6.92 Å². The molecule has 0 saturated heterocycles. The predicted molar refractivity (Wildman–Crippen MR) is 82.3 cm³/mol. The van der Waals surface area contributed by atoms with Gasteiger partial charge in [-0.2, -0.15) is 0 Å². The van der Waals surface area contributed by atoms with Gasteiger partial charge in [-0.05, 0) is 25.6 Å². The highest BCUT2D eigenvalue weighted by atomic mass is 16.2. The van der Waals surface area contributed by atoms with Gasteiger partial charge in [0.05, 0.1) is 17.2 Å². The first-order valence-electron chi connectivity index (χ1n) is 6.88. The third kappa shape index (κ3) is 3.28. The van der Waals surface area contributed by atoms with E-state index in [0.29, 0.717) is 24.0 Å². The quantitative estimate of drug-likeness (QED) is 0.864. The molecule has 1 heterocycles. The SMILES string of the molecule is CNCCN(C)C(=O)Cn1cnc2c(C)cccc2c1=O. The van der Waals surface area contributed by atoms with Crippen molar-refractivity contribution in [1.29, 1.82) is 0 Å². The fourth-order valence-electron chi connectivity index (χ4n) is 2.12. The first-order valence-corrected chi connectivity index (χ1v) is 6.88. The van der Waals surface area contributed by atoms with E-state index in [1.807, 2.05) is 26.1 Å². The zero-order valence-electron chi connectivity index (χ0n) is 12.6. The Hall–Kier alpha value is -2.21. The number of hydrogen-bond acceptors (Lipinski definition) is 4. The zero-order valence-corrected chi connectivity index (χ0v) is 12.6. The number of carbonyl (C=O) groups is 1. The van der Waals surface area contributed by atoms with E-state index in [-0.39, 0.29) is 18.0 Å². The lowest BCUT2D eigenvalue weighted by atomic mass is 10.1. The molecular formula is C15H20N4O2. The van der Waals surface area contributed by atoms with Crippen molar-refractivity contribution in [3.05, 3.63) is 40.4 Å². The fraction of sp³-hybridized carbons (Fsp3) is 0.400. The average molecular weight is 288 g/mol. The van der Waals surface area contributed by atoms with Gasteiger partial charge in [-0.3, -0.25) is 14.2 Å². The molecule has 0 saturated carbocycles. The molecule has 0 bridgehead atoms. The summed E-state index contributed by atoms with van der Waals surface area (Å²) in [5, 5.41) is 3.53. The minimum Gasteiger partial charge on any atom is -0.343 e. The van der Waals surface area contributed by atoms with Crippen molar-refractivity contribution >= 4 is 16.8 Å². The van der Waals surface area contributed by atoms with Crippen molar-refractivity contribution in [2.75, 3.05) is 27.2 Å². The lowest BCUT2D eigenvalue weighted by Gasteiger charge is -2.17. The summed E-state index contributed by atoms with van der Waals surface area (Å²) in [5.41, 5.74) is 1.46. The molecule has 0 spiro atoms. The van der Waals surface area contributed by atoms with Crippen LogP contribution in [0.2, 0.25) is 0 Å².